The van der Waals surface area contributed by atoms with Crippen LogP contribution in [0, 0.1) is 12.7 Å². The fourth-order valence-electron chi connectivity index (χ4n) is 1.51. The van der Waals surface area contributed by atoms with Crippen molar-refractivity contribution in [3.05, 3.63) is 58.9 Å². The Kier molecular flexibility index (Phi) is 4.58. The number of hydrogen-bond donors (Lipinski definition) is 0. The van der Waals surface area contributed by atoms with Crippen LogP contribution < -0.4 is 9.47 Å². The van der Waals surface area contributed by atoms with Crippen molar-refractivity contribution in [2.45, 2.75) is 6.92 Å². The lowest BCUT2D eigenvalue weighted by Gasteiger charge is -2.08. The van der Waals surface area contributed by atoms with Gasteiger partial charge >= 0.3 is 5.97 Å². The van der Waals surface area contributed by atoms with Gasteiger partial charge in [0.15, 0.2) is 6.61 Å². The molecule has 2 aromatic carbocycles. The lowest BCUT2D eigenvalue weighted by atomic mass is 10.2. The van der Waals surface area contributed by atoms with E-state index in [2.05, 4.69) is 0 Å². The van der Waals surface area contributed by atoms with Crippen LogP contribution in [0.3, 0.4) is 0 Å². The second-order valence-electron chi connectivity index (χ2n) is 4.15. The van der Waals surface area contributed by atoms with Crippen molar-refractivity contribution >= 4 is 17.6 Å². The fraction of sp³-hybridized carbons (Fsp3) is 0.133. The van der Waals surface area contributed by atoms with Crippen molar-refractivity contribution in [3.8, 4) is 11.5 Å². The van der Waals surface area contributed by atoms with Crippen LogP contribution in [-0.4, -0.2) is 12.6 Å². The Hall–Kier alpha value is -2.07. The SMILES string of the molecule is Cc1ccc(Cl)c(OC(=O)COc2ccc(F)cc2)c1. The van der Waals surface area contributed by atoms with E-state index < -0.39 is 5.97 Å². The summed E-state index contributed by atoms with van der Waals surface area (Å²) in [6.07, 6.45) is 0. The van der Waals surface area contributed by atoms with Crippen LogP contribution in [0.2, 0.25) is 5.02 Å². The van der Waals surface area contributed by atoms with Crippen LogP contribution in [0.25, 0.3) is 0 Å². The molecule has 0 aliphatic carbocycles. The maximum atomic E-state index is 12.7. The molecule has 20 heavy (non-hydrogen) atoms. The Morgan fingerprint density at radius 2 is 1.90 bits per heavy atom. The summed E-state index contributed by atoms with van der Waals surface area (Å²) in [6, 6.07) is 10.5. The monoisotopic (exact) mass is 294 g/mol. The predicted molar refractivity (Wildman–Crippen MR) is 73.7 cm³/mol. The normalized spacial score (nSPS) is 10.2. The van der Waals surface area contributed by atoms with Crippen LogP contribution >= 0.6 is 11.6 Å². The van der Waals surface area contributed by atoms with Crippen molar-refractivity contribution in [2.75, 3.05) is 6.61 Å². The van der Waals surface area contributed by atoms with Gasteiger partial charge in [-0.1, -0.05) is 17.7 Å². The first-order valence-corrected chi connectivity index (χ1v) is 6.27. The molecule has 0 unspecified atom stereocenters. The standard InChI is InChI=1S/C15H12ClFO3/c1-10-2-7-13(16)14(8-10)20-15(18)9-19-12-5-3-11(17)4-6-12/h2-8H,9H2,1H3. The van der Waals surface area contributed by atoms with Crippen LogP contribution in [0.4, 0.5) is 4.39 Å². The number of ether oxygens (including phenoxy) is 2. The van der Waals surface area contributed by atoms with E-state index >= 15 is 0 Å². The number of carbonyl (C=O) groups excluding carboxylic acids is 1. The molecule has 0 aliphatic rings. The van der Waals surface area contributed by atoms with Gasteiger partial charge in [0.1, 0.15) is 17.3 Å². The molecule has 5 heteroatoms. The number of aryl methyl sites for hydroxylation is 1. The van der Waals surface area contributed by atoms with Gasteiger partial charge in [-0.05, 0) is 48.9 Å². The van der Waals surface area contributed by atoms with Crippen LogP contribution in [-0.2, 0) is 4.79 Å². The first-order chi connectivity index (χ1) is 9.54. The molecule has 104 valence electrons. The van der Waals surface area contributed by atoms with Gasteiger partial charge in [-0.3, -0.25) is 0 Å². The molecular weight excluding hydrogens is 283 g/mol. The van der Waals surface area contributed by atoms with Crippen LogP contribution in [0.15, 0.2) is 42.5 Å². The second kappa shape index (κ2) is 6.39. The Morgan fingerprint density at radius 3 is 2.60 bits per heavy atom. The number of benzene rings is 2. The van der Waals surface area contributed by atoms with E-state index in [1.165, 1.54) is 24.3 Å². The minimum Gasteiger partial charge on any atom is -0.482 e. The first kappa shape index (κ1) is 14.3. The zero-order valence-electron chi connectivity index (χ0n) is 10.7. The van der Waals surface area contributed by atoms with E-state index in [9.17, 15) is 9.18 Å². The smallest absolute Gasteiger partial charge is 0.349 e. The summed E-state index contributed by atoms with van der Waals surface area (Å²) >= 11 is 5.92. The summed E-state index contributed by atoms with van der Waals surface area (Å²) in [5.41, 5.74) is 0.927. The zero-order valence-corrected chi connectivity index (χ0v) is 11.5. The summed E-state index contributed by atoms with van der Waals surface area (Å²) in [6.45, 7) is 1.58. The van der Waals surface area contributed by atoms with E-state index in [0.717, 1.165) is 5.56 Å². The summed E-state index contributed by atoms with van der Waals surface area (Å²) in [7, 11) is 0. The van der Waals surface area contributed by atoms with E-state index in [0.29, 0.717) is 16.5 Å². The average Bonchev–Trinajstić information content (AvgIpc) is 2.42. The highest BCUT2D eigenvalue weighted by Gasteiger charge is 2.09. The van der Waals surface area contributed by atoms with Crippen LogP contribution in [0.1, 0.15) is 5.56 Å². The van der Waals surface area contributed by atoms with Crippen molar-refractivity contribution in [3.63, 3.8) is 0 Å². The Balaban J connectivity index is 1.92. The van der Waals surface area contributed by atoms with Gasteiger partial charge in [0.25, 0.3) is 0 Å². The Morgan fingerprint density at radius 1 is 1.20 bits per heavy atom. The van der Waals surface area contributed by atoms with Gasteiger partial charge < -0.3 is 9.47 Å². The van der Waals surface area contributed by atoms with Gasteiger partial charge in [0, 0.05) is 0 Å². The lowest BCUT2D eigenvalue weighted by molar-refractivity contribution is -0.136. The molecule has 0 amide bonds. The third-order valence-electron chi connectivity index (χ3n) is 2.48. The predicted octanol–water partition coefficient (Wildman–Crippen LogP) is 3.77. The summed E-state index contributed by atoms with van der Waals surface area (Å²) in [4.78, 5) is 11.6. The highest BCUT2D eigenvalue weighted by Crippen LogP contribution is 2.25. The van der Waals surface area contributed by atoms with Gasteiger partial charge in [-0.2, -0.15) is 0 Å². The molecule has 0 fully saturated rings. The zero-order chi connectivity index (χ0) is 14.5. The minimum atomic E-state index is -0.582. The molecule has 3 nitrogen and oxygen atoms in total. The maximum Gasteiger partial charge on any atom is 0.349 e. The van der Waals surface area contributed by atoms with E-state index in [-0.39, 0.29) is 12.4 Å². The fourth-order valence-corrected chi connectivity index (χ4v) is 1.67. The van der Waals surface area contributed by atoms with Gasteiger partial charge in [-0.25, -0.2) is 9.18 Å². The highest BCUT2D eigenvalue weighted by atomic mass is 35.5. The average molecular weight is 295 g/mol. The van der Waals surface area contributed by atoms with E-state index in [4.69, 9.17) is 21.1 Å². The van der Waals surface area contributed by atoms with Crippen molar-refractivity contribution in [1.29, 1.82) is 0 Å². The van der Waals surface area contributed by atoms with Crippen LogP contribution in [0.5, 0.6) is 11.5 Å². The highest BCUT2D eigenvalue weighted by molar-refractivity contribution is 6.32. The summed E-state index contributed by atoms with van der Waals surface area (Å²) in [5.74, 6) is -0.272. The number of hydrogen-bond acceptors (Lipinski definition) is 3. The largest absolute Gasteiger partial charge is 0.482 e. The molecule has 0 aromatic heterocycles. The Bertz CT molecular complexity index is 611. The molecule has 0 radical (unpaired) electrons. The van der Waals surface area contributed by atoms with Crippen molar-refractivity contribution in [2.24, 2.45) is 0 Å². The molecular formula is C15H12ClFO3. The van der Waals surface area contributed by atoms with Crippen molar-refractivity contribution < 1.29 is 18.7 Å². The molecule has 0 saturated heterocycles. The van der Waals surface area contributed by atoms with Gasteiger partial charge in [0.2, 0.25) is 0 Å². The molecule has 0 bridgehead atoms. The summed E-state index contributed by atoms with van der Waals surface area (Å²) < 4.78 is 23.0. The second-order valence-corrected chi connectivity index (χ2v) is 4.56. The van der Waals surface area contributed by atoms with E-state index in [1.807, 2.05) is 13.0 Å². The molecule has 2 aromatic rings. The topological polar surface area (TPSA) is 35.5 Å². The molecule has 0 aliphatic heterocycles. The number of rotatable bonds is 4. The number of halogens is 2. The molecule has 0 saturated carbocycles. The van der Waals surface area contributed by atoms with E-state index in [1.54, 1.807) is 12.1 Å². The molecule has 0 N–H and O–H groups in total. The molecule has 0 spiro atoms. The third kappa shape index (κ3) is 3.96. The van der Waals surface area contributed by atoms with Gasteiger partial charge in [-0.15, -0.1) is 0 Å². The number of esters is 1. The lowest BCUT2D eigenvalue weighted by Crippen LogP contribution is -2.17. The first-order valence-electron chi connectivity index (χ1n) is 5.90. The molecule has 0 heterocycles. The van der Waals surface area contributed by atoms with Crippen molar-refractivity contribution in [1.82, 2.24) is 0 Å². The Labute approximate surface area is 120 Å². The van der Waals surface area contributed by atoms with Gasteiger partial charge in [0.05, 0.1) is 5.02 Å². The minimum absolute atomic E-state index is 0.282. The molecule has 2 rings (SSSR count). The number of carbonyl (C=O) groups is 1. The third-order valence-corrected chi connectivity index (χ3v) is 2.79. The molecule has 0 atom stereocenters. The summed E-state index contributed by atoms with van der Waals surface area (Å²) in [5, 5.41) is 0.353. The quantitative estimate of drug-likeness (QED) is 0.636. The maximum absolute atomic E-state index is 12.7.